The molecule has 3 aromatic rings. The molecule has 0 aliphatic carbocycles. The summed E-state index contributed by atoms with van der Waals surface area (Å²) in [5, 5.41) is 1.19. The van der Waals surface area contributed by atoms with Gasteiger partial charge in [-0.25, -0.2) is 4.98 Å². The maximum absolute atomic E-state index is 5.60. The van der Waals surface area contributed by atoms with Crippen LogP contribution in [0.25, 0.3) is 22.2 Å². The smallest absolute Gasteiger partial charge is 0.231 e. The van der Waals surface area contributed by atoms with Crippen LogP contribution in [0, 0.1) is 6.92 Å². The van der Waals surface area contributed by atoms with Crippen LogP contribution in [0.1, 0.15) is 11.1 Å². The van der Waals surface area contributed by atoms with Crippen molar-refractivity contribution >= 4 is 10.9 Å². The van der Waals surface area contributed by atoms with Gasteiger partial charge >= 0.3 is 0 Å². The van der Waals surface area contributed by atoms with Gasteiger partial charge < -0.3 is 18.9 Å². The molecular weight excluding hydrogens is 380 g/mol. The molecule has 0 unspecified atom stereocenters. The Morgan fingerprint density at radius 2 is 1.83 bits per heavy atom. The first-order valence-corrected chi connectivity index (χ1v) is 10.4. The highest BCUT2D eigenvalue weighted by Crippen LogP contribution is 2.42. The number of hydrogen-bond acceptors (Lipinski definition) is 6. The highest BCUT2D eigenvalue weighted by Gasteiger charge is 2.20. The molecule has 0 atom stereocenters. The first kappa shape index (κ1) is 19.2. The Balaban J connectivity index is 1.44. The zero-order valence-corrected chi connectivity index (χ0v) is 17.4. The SMILES string of the molecule is COc1cc2c(cc1-c1cc(C)c3cc(CCN4CCOCC4)ccc3n1)OCO2. The number of benzene rings is 2. The fourth-order valence-electron chi connectivity index (χ4n) is 4.14. The van der Waals surface area contributed by atoms with Gasteiger partial charge in [0.15, 0.2) is 11.5 Å². The zero-order chi connectivity index (χ0) is 20.5. The van der Waals surface area contributed by atoms with E-state index in [4.69, 9.17) is 23.9 Å². The molecule has 0 bridgehead atoms. The van der Waals surface area contributed by atoms with Gasteiger partial charge in [-0.2, -0.15) is 0 Å². The third-order valence-electron chi connectivity index (χ3n) is 5.87. The average molecular weight is 406 g/mol. The summed E-state index contributed by atoms with van der Waals surface area (Å²) in [6.07, 6.45) is 1.03. The Morgan fingerprint density at radius 3 is 2.63 bits per heavy atom. The van der Waals surface area contributed by atoms with Gasteiger partial charge in [-0.1, -0.05) is 6.07 Å². The number of aryl methyl sites for hydroxylation is 1. The van der Waals surface area contributed by atoms with Crippen molar-refractivity contribution in [1.29, 1.82) is 0 Å². The van der Waals surface area contributed by atoms with E-state index in [-0.39, 0.29) is 6.79 Å². The van der Waals surface area contributed by atoms with Gasteiger partial charge in [-0.15, -0.1) is 0 Å². The van der Waals surface area contributed by atoms with Crippen LogP contribution in [0.2, 0.25) is 0 Å². The highest BCUT2D eigenvalue weighted by atomic mass is 16.7. The highest BCUT2D eigenvalue weighted by molar-refractivity contribution is 5.86. The van der Waals surface area contributed by atoms with Crippen molar-refractivity contribution < 1.29 is 18.9 Å². The van der Waals surface area contributed by atoms with Crippen molar-refractivity contribution in [2.75, 3.05) is 46.8 Å². The first-order chi connectivity index (χ1) is 14.7. The maximum atomic E-state index is 5.60. The molecule has 30 heavy (non-hydrogen) atoms. The summed E-state index contributed by atoms with van der Waals surface area (Å²) < 4.78 is 22.1. The number of methoxy groups -OCH3 is 1. The fraction of sp³-hybridized carbons (Fsp3) is 0.375. The van der Waals surface area contributed by atoms with Gasteiger partial charge in [0.25, 0.3) is 0 Å². The summed E-state index contributed by atoms with van der Waals surface area (Å²) in [4.78, 5) is 7.39. The third-order valence-corrected chi connectivity index (χ3v) is 5.87. The molecule has 6 heteroatoms. The molecule has 1 fully saturated rings. The molecule has 1 saturated heterocycles. The Hall–Kier alpha value is -2.83. The molecule has 2 aliphatic rings. The van der Waals surface area contributed by atoms with Crippen molar-refractivity contribution in [3.8, 4) is 28.5 Å². The van der Waals surface area contributed by atoms with Crippen LogP contribution in [-0.2, 0) is 11.2 Å². The Bertz CT molecular complexity index is 1080. The number of ether oxygens (including phenoxy) is 4. The van der Waals surface area contributed by atoms with Crippen LogP contribution in [-0.4, -0.2) is 56.6 Å². The number of fused-ring (bicyclic) bond motifs is 2. The molecule has 156 valence electrons. The fourth-order valence-corrected chi connectivity index (χ4v) is 4.14. The van der Waals surface area contributed by atoms with Crippen molar-refractivity contribution in [3.63, 3.8) is 0 Å². The number of hydrogen-bond donors (Lipinski definition) is 0. The lowest BCUT2D eigenvalue weighted by atomic mass is 10.0. The van der Waals surface area contributed by atoms with Gasteiger partial charge in [0.05, 0.1) is 31.5 Å². The number of rotatable bonds is 5. The second-order valence-electron chi connectivity index (χ2n) is 7.79. The third kappa shape index (κ3) is 3.68. The van der Waals surface area contributed by atoms with Crippen molar-refractivity contribution in [2.24, 2.45) is 0 Å². The van der Waals surface area contributed by atoms with Crippen LogP contribution in [0.15, 0.2) is 36.4 Å². The lowest BCUT2D eigenvalue weighted by Gasteiger charge is -2.26. The minimum absolute atomic E-state index is 0.235. The number of morpholine rings is 1. The zero-order valence-electron chi connectivity index (χ0n) is 17.4. The van der Waals surface area contributed by atoms with Crippen LogP contribution >= 0.6 is 0 Å². The van der Waals surface area contributed by atoms with Gasteiger partial charge in [0.1, 0.15) is 5.75 Å². The van der Waals surface area contributed by atoms with E-state index in [0.717, 1.165) is 67.5 Å². The van der Waals surface area contributed by atoms with Crippen molar-refractivity contribution in [2.45, 2.75) is 13.3 Å². The van der Waals surface area contributed by atoms with E-state index in [1.165, 1.54) is 16.5 Å². The van der Waals surface area contributed by atoms with E-state index < -0.39 is 0 Å². The predicted molar refractivity (Wildman–Crippen MR) is 116 cm³/mol. The largest absolute Gasteiger partial charge is 0.496 e. The summed E-state index contributed by atoms with van der Waals surface area (Å²) in [6, 6.07) is 12.5. The number of aromatic nitrogens is 1. The van der Waals surface area contributed by atoms with Gasteiger partial charge in [-0.05, 0) is 48.7 Å². The summed E-state index contributed by atoms with van der Waals surface area (Å²) in [5.74, 6) is 2.16. The van der Waals surface area contributed by atoms with E-state index >= 15 is 0 Å². The minimum atomic E-state index is 0.235. The Kier molecular flexibility index (Phi) is 5.19. The summed E-state index contributed by atoms with van der Waals surface area (Å²) >= 11 is 0. The van der Waals surface area contributed by atoms with Crippen molar-refractivity contribution in [1.82, 2.24) is 9.88 Å². The molecule has 0 saturated carbocycles. The second-order valence-corrected chi connectivity index (χ2v) is 7.79. The minimum Gasteiger partial charge on any atom is -0.496 e. The molecule has 0 radical (unpaired) electrons. The quantitative estimate of drug-likeness (QED) is 0.642. The average Bonchev–Trinajstić information content (AvgIpc) is 3.25. The van der Waals surface area contributed by atoms with E-state index in [2.05, 4.69) is 36.1 Å². The van der Waals surface area contributed by atoms with E-state index in [0.29, 0.717) is 5.75 Å². The van der Waals surface area contributed by atoms with Gasteiger partial charge in [0, 0.05) is 36.7 Å². The Labute approximate surface area is 176 Å². The molecule has 1 aromatic heterocycles. The Morgan fingerprint density at radius 1 is 1.03 bits per heavy atom. The molecule has 0 N–H and O–H groups in total. The standard InChI is InChI=1S/C24H26N2O4/c1-16-11-21(19-13-23-24(30-15-29-23)14-22(19)27-2)25-20-4-3-17(12-18(16)20)5-6-26-7-9-28-10-8-26/h3-4,11-14H,5-10,15H2,1-2H3. The molecular formula is C24H26N2O4. The topological polar surface area (TPSA) is 53.1 Å². The van der Waals surface area contributed by atoms with E-state index in [1.54, 1.807) is 7.11 Å². The summed E-state index contributed by atoms with van der Waals surface area (Å²) in [7, 11) is 1.66. The molecule has 2 aliphatic heterocycles. The molecule has 3 heterocycles. The monoisotopic (exact) mass is 406 g/mol. The second kappa shape index (κ2) is 8.13. The van der Waals surface area contributed by atoms with Crippen LogP contribution in [0.5, 0.6) is 17.2 Å². The molecule has 0 amide bonds. The lowest BCUT2D eigenvalue weighted by molar-refractivity contribution is 0.0384. The van der Waals surface area contributed by atoms with Gasteiger partial charge in [-0.3, -0.25) is 4.90 Å². The van der Waals surface area contributed by atoms with Crippen molar-refractivity contribution in [3.05, 3.63) is 47.5 Å². The first-order valence-electron chi connectivity index (χ1n) is 10.4. The lowest BCUT2D eigenvalue weighted by Crippen LogP contribution is -2.37. The number of pyridine rings is 1. The normalized spacial score (nSPS) is 16.2. The molecule has 0 spiro atoms. The predicted octanol–water partition coefficient (Wildman–Crippen LogP) is 3.82. The molecule has 2 aromatic carbocycles. The molecule has 6 nitrogen and oxygen atoms in total. The maximum Gasteiger partial charge on any atom is 0.231 e. The summed E-state index contributed by atoms with van der Waals surface area (Å²) in [6.45, 7) is 7.16. The van der Waals surface area contributed by atoms with Gasteiger partial charge in [0.2, 0.25) is 6.79 Å². The van der Waals surface area contributed by atoms with Crippen LogP contribution in [0.3, 0.4) is 0 Å². The van der Waals surface area contributed by atoms with Crippen LogP contribution in [0.4, 0.5) is 0 Å². The van der Waals surface area contributed by atoms with E-state index in [9.17, 15) is 0 Å². The number of nitrogens with zero attached hydrogens (tertiary/aromatic N) is 2. The summed E-state index contributed by atoms with van der Waals surface area (Å²) in [5.41, 5.74) is 5.30. The van der Waals surface area contributed by atoms with Crippen LogP contribution < -0.4 is 14.2 Å². The van der Waals surface area contributed by atoms with E-state index in [1.807, 2.05) is 12.1 Å². The molecule has 5 rings (SSSR count).